The minimum absolute atomic E-state index is 0.0901. The van der Waals surface area contributed by atoms with Crippen LogP contribution in [0.1, 0.15) is 28.9 Å². The van der Waals surface area contributed by atoms with Crippen molar-refractivity contribution in [3.63, 3.8) is 0 Å². The Labute approximate surface area is 131 Å². The lowest BCUT2D eigenvalue weighted by molar-refractivity contribution is 0.0602. The van der Waals surface area contributed by atoms with E-state index in [-0.39, 0.29) is 11.9 Å². The molecule has 0 bridgehead atoms. The Balaban J connectivity index is 2.25. The molecule has 3 nitrogen and oxygen atoms in total. The molecule has 2 rings (SSSR count). The van der Waals surface area contributed by atoms with E-state index in [0.717, 1.165) is 5.56 Å². The SMILES string of the molecule is COC(=O)c1ccccc1NC(C)c1ccc(F)c(Br)c1. The molecule has 0 amide bonds. The van der Waals surface area contributed by atoms with Crippen LogP contribution in [0.5, 0.6) is 0 Å². The minimum Gasteiger partial charge on any atom is -0.465 e. The van der Waals surface area contributed by atoms with Crippen LogP contribution in [0.3, 0.4) is 0 Å². The van der Waals surface area contributed by atoms with E-state index in [2.05, 4.69) is 21.2 Å². The van der Waals surface area contributed by atoms with Crippen LogP contribution >= 0.6 is 15.9 Å². The topological polar surface area (TPSA) is 38.3 Å². The van der Waals surface area contributed by atoms with Crippen molar-refractivity contribution in [3.8, 4) is 0 Å². The molecule has 1 atom stereocenters. The van der Waals surface area contributed by atoms with Crippen LogP contribution < -0.4 is 5.32 Å². The van der Waals surface area contributed by atoms with Gasteiger partial charge >= 0.3 is 5.97 Å². The van der Waals surface area contributed by atoms with Gasteiger partial charge in [0.2, 0.25) is 0 Å². The number of para-hydroxylation sites is 1. The molecule has 0 spiro atoms. The molecule has 0 aliphatic rings. The molecule has 0 aliphatic carbocycles. The Hall–Kier alpha value is -1.88. The molecule has 0 radical (unpaired) electrons. The fourth-order valence-electron chi connectivity index (χ4n) is 2.00. The first-order valence-corrected chi connectivity index (χ1v) is 7.21. The average Bonchev–Trinajstić information content (AvgIpc) is 2.49. The van der Waals surface area contributed by atoms with Crippen LogP contribution in [0.4, 0.5) is 10.1 Å². The van der Waals surface area contributed by atoms with E-state index in [1.807, 2.05) is 13.0 Å². The maximum Gasteiger partial charge on any atom is 0.339 e. The number of nitrogens with one attached hydrogen (secondary N) is 1. The second-order valence-electron chi connectivity index (χ2n) is 4.58. The van der Waals surface area contributed by atoms with Crippen molar-refractivity contribution < 1.29 is 13.9 Å². The molecule has 0 aliphatic heterocycles. The first-order chi connectivity index (χ1) is 10.0. The molecule has 0 fully saturated rings. The summed E-state index contributed by atoms with van der Waals surface area (Å²) < 4.78 is 18.5. The highest BCUT2D eigenvalue weighted by Gasteiger charge is 2.14. The number of hydrogen-bond acceptors (Lipinski definition) is 3. The first-order valence-electron chi connectivity index (χ1n) is 6.41. The van der Waals surface area contributed by atoms with Crippen LogP contribution in [-0.2, 0) is 4.74 Å². The predicted molar refractivity (Wildman–Crippen MR) is 83.9 cm³/mol. The number of benzene rings is 2. The van der Waals surface area contributed by atoms with Gasteiger partial charge in [0.15, 0.2) is 0 Å². The Morgan fingerprint density at radius 3 is 2.67 bits per heavy atom. The van der Waals surface area contributed by atoms with Crippen molar-refractivity contribution in [2.24, 2.45) is 0 Å². The summed E-state index contributed by atoms with van der Waals surface area (Å²) in [5, 5.41) is 3.24. The molecule has 1 unspecified atom stereocenters. The van der Waals surface area contributed by atoms with Gasteiger partial charge in [0.05, 0.1) is 17.1 Å². The summed E-state index contributed by atoms with van der Waals surface area (Å²) in [6.07, 6.45) is 0. The van der Waals surface area contributed by atoms with Gasteiger partial charge in [0, 0.05) is 11.7 Å². The van der Waals surface area contributed by atoms with E-state index < -0.39 is 5.97 Å². The summed E-state index contributed by atoms with van der Waals surface area (Å²) in [5.41, 5.74) is 2.05. The molecule has 0 saturated carbocycles. The van der Waals surface area contributed by atoms with Crippen LogP contribution in [0, 0.1) is 5.82 Å². The molecule has 1 N–H and O–H groups in total. The van der Waals surface area contributed by atoms with Crippen molar-refractivity contribution in [2.75, 3.05) is 12.4 Å². The number of hydrogen-bond donors (Lipinski definition) is 1. The number of methoxy groups -OCH3 is 1. The number of carbonyl (C=O) groups is 1. The average molecular weight is 352 g/mol. The van der Waals surface area contributed by atoms with E-state index in [1.165, 1.54) is 13.2 Å². The molecule has 110 valence electrons. The van der Waals surface area contributed by atoms with Crippen molar-refractivity contribution in [1.29, 1.82) is 0 Å². The molecule has 0 aromatic heterocycles. The molecular formula is C16H15BrFNO2. The van der Waals surface area contributed by atoms with E-state index in [9.17, 15) is 9.18 Å². The summed E-state index contributed by atoms with van der Waals surface area (Å²) in [6, 6.07) is 11.9. The number of ether oxygens (including phenoxy) is 1. The lowest BCUT2D eigenvalue weighted by atomic mass is 10.1. The number of rotatable bonds is 4. The standard InChI is InChI=1S/C16H15BrFNO2/c1-10(11-7-8-14(18)13(17)9-11)19-15-6-4-3-5-12(15)16(20)21-2/h3-10,19H,1-2H3. The Morgan fingerprint density at radius 2 is 2.00 bits per heavy atom. The molecule has 2 aromatic carbocycles. The molecule has 0 heterocycles. The maximum absolute atomic E-state index is 13.3. The monoisotopic (exact) mass is 351 g/mol. The third-order valence-corrected chi connectivity index (χ3v) is 3.76. The summed E-state index contributed by atoms with van der Waals surface area (Å²) in [7, 11) is 1.35. The summed E-state index contributed by atoms with van der Waals surface area (Å²) in [4.78, 5) is 11.7. The van der Waals surface area contributed by atoms with Crippen molar-refractivity contribution in [2.45, 2.75) is 13.0 Å². The zero-order valence-corrected chi connectivity index (χ0v) is 13.3. The fourth-order valence-corrected chi connectivity index (χ4v) is 2.39. The Morgan fingerprint density at radius 1 is 1.29 bits per heavy atom. The first kappa shape index (κ1) is 15.5. The smallest absolute Gasteiger partial charge is 0.339 e. The second-order valence-corrected chi connectivity index (χ2v) is 5.43. The zero-order chi connectivity index (χ0) is 15.4. The minimum atomic E-state index is -0.398. The lowest BCUT2D eigenvalue weighted by Gasteiger charge is -2.18. The van der Waals surface area contributed by atoms with Gasteiger partial charge in [-0.2, -0.15) is 0 Å². The van der Waals surface area contributed by atoms with Crippen molar-refractivity contribution in [3.05, 3.63) is 63.9 Å². The normalized spacial score (nSPS) is 11.8. The second kappa shape index (κ2) is 6.72. The zero-order valence-electron chi connectivity index (χ0n) is 11.7. The fraction of sp³-hybridized carbons (Fsp3) is 0.188. The lowest BCUT2D eigenvalue weighted by Crippen LogP contribution is -2.11. The van der Waals surface area contributed by atoms with Crippen molar-refractivity contribution >= 4 is 27.6 Å². The third kappa shape index (κ3) is 3.61. The number of carbonyl (C=O) groups excluding carboxylic acids is 1. The van der Waals surface area contributed by atoms with Crippen molar-refractivity contribution in [1.82, 2.24) is 0 Å². The van der Waals surface area contributed by atoms with E-state index in [4.69, 9.17) is 4.74 Å². The highest BCUT2D eigenvalue weighted by atomic mass is 79.9. The van der Waals surface area contributed by atoms with Gasteiger partial charge in [-0.3, -0.25) is 0 Å². The highest BCUT2D eigenvalue weighted by molar-refractivity contribution is 9.10. The van der Waals surface area contributed by atoms with Crippen LogP contribution in [0.2, 0.25) is 0 Å². The van der Waals surface area contributed by atoms with Gasteiger partial charge in [-0.1, -0.05) is 18.2 Å². The van der Waals surface area contributed by atoms with Gasteiger partial charge in [0.25, 0.3) is 0 Å². The van der Waals surface area contributed by atoms with Gasteiger partial charge in [-0.05, 0) is 52.7 Å². The summed E-state index contributed by atoms with van der Waals surface area (Å²) >= 11 is 3.17. The maximum atomic E-state index is 13.3. The number of esters is 1. The Kier molecular flexibility index (Phi) is 4.96. The van der Waals surface area contributed by atoms with E-state index in [1.54, 1.807) is 30.3 Å². The largest absolute Gasteiger partial charge is 0.465 e. The third-order valence-electron chi connectivity index (χ3n) is 3.15. The van der Waals surface area contributed by atoms with Crippen LogP contribution in [-0.4, -0.2) is 13.1 Å². The number of anilines is 1. The van der Waals surface area contributed by atoms with Crippen LogP contribution in [0.15, 0.2) is 46.9 Å². The van der Waals surface area contributed by atoms with Gasteiger partial charge in [-0.25, -0.2) is 9.18 Å². The highest BCUT2D eigenvalue weighted by Crippen LogP contribution is 2.26. The predicted octanol–water partition coefficient (Wildman–Crippen LogP) is 4.55. The molecule has 0 saturated heterocycles. The number of halogens is 2. The molecule has 5 heteroatoms. The Bertz CT molecular complexity index is 660. The van der Waals surface area contributed by atoms with E-state index >= 15 is 0 Å². The summed E-state index contributed by atoms with van der Waals surface area (Å²) in [6.45, 7) is 1.94. The van der Waals surface area contributed by atoms with Gasteiger partial charge < -0.3 is 10.1 Å². The molecule has 21 heavy (non-hydrogen) atoms. The van der Waals surface area contributed by atoms with Crippen LogP contribution in [0.25, 0.3) is 0 Å². The quantitative estimate of drug-likeness (QED) is 0.821. The van der Waals surface area contributed by atoms with E-state index in [0.29, 0.717) is 15.7 Å². The molecular weight excluding hydrogens is 337 g/mol. The molecule has 2 aromatic rings. The summed E-state index contributed by atoms with van der Waals surface area (Å²) in [5.74, 6) is -0.702. The van der Waals surface area contributed by atoms with Gasteiger partial charge in [-0.15, -0.1) is 0 Å². The van der Waals surface area contributed by atoms with Gasteiger partial charge in [0.1, 0.15) is 5.82 Å².